The van der Waals surface area contributed by atoms with Crippen LogP contribution in [0.5, 0.6) is 0 Å². The molecule has 10 heteroatoms. The van der Waals surface area contributed by atoms with Crippen molar-refractivity contribution < 1.29 is 9.45 Å². The number of nitrogens with zero attached hydrogens (tertiary/aromatic N) is 5. The molecule has 0 aliphatic carbocycles. The van der Waals surface area contributed by atoms with Crippen molar-refractivity contribution in [2.24, 2.45) is 0 Å². The van der Waals surface area contributed by atoms with E-state index in [0.29, 0.717) is 23.2 Å². The summed E-state index contributed by atoms with van der Waals surface area (Å²) >= 11 is 3.37. The minimum absolute atomic E-state index is 0.0682. The van der Waals surface area contributed by atoms with Gasteiger partial charge in [0.15, 0.2) is 0 Å². The topological polar surface area (TPSA) is 115 Å². The van der Waals surface area contributed by atoms with Gasteiger partial charge in [0.05, 0.1) is 15.1 Å². The molecule has 0 atom stereocenters. The first-order valence-electron chi connectivity index (χ1n) is 7.86. The van der Waals surface area contributed by atoms with Crippen LogP contribution in [-0.2, 0) is 6.54 Å². The maximum absolute atomic E-state index is 11.4. The average molecular weight is 411 g/mol. The lowest BCUT2D eigenvalue weighted by molar-refractivity contribution is -0.383. The third kappa shape index (κ3) is 3.45. The number of hydrogen-bond acceptors (Lipinski definition) is 8. The second-order valence-corrected chi connectivity index (χ2v) is 6.87. The summed E-state index contributed by atoms with van der Waals surface area (Å²) in [6.07, 6.45) is 1.51. The fraction of sp³-hybridized carbons (Fsp3) is 0.467. The molecule has 2 aromatic heterocycles. The van der Waals surface area contributed by atoms with Crippen LogP contribution < -0.4 is 10.6 Å². The van der Waals surface area contributed by atoms with Crippen molar-refractivity contribution in [3.63, 3.8) is 0 Å². The van der Waals surface area contributed by atoms with Gasteiger partial charge in [-0.05, 0) is 29.8 Å². The fourth-order valence-electron chi connectivity index (χ4n) is 3.04. The predicted octanol–water partition coefficient (Wildman–Crippen LogP) is 2.26. The summed E-state index contributed by atoms with van der Waals surface area (Å²) in [5.41, 5.74) is 8.08. The van der Waals surface area contributed by atoms with Gasteiger partial charge >= 0.3 is 5.69 Å². The summed E-state index contributed by atoms with van der Waals surface area (Å²) in [4.78, 5) is 19.1. The fourth-order valence-corrected chi connectivity index (χ4v) is 3.59. The third-order valence-electron chi connectivity index (χ3n) is 4.44. The molecule has 3 rings (SSSR count). The van der Waals surface area contributed by atoms with E-state index in [0.717, 1.165) is 36.7 Å². The molecule has 0 aromatic carbocycles. The molecular formula is C15H19BrN6O3. The monoisotopic (exact) mass is 410 g/mol. The van der Waals surface area contributed by atoms with Gasteiger partial charge in [0, 0.05) is 44.5 Å². The molecule has 1 aliphatic rings. The maximum Gasteiger partial charge on any atom is 0.335 e. The Labute approximate surface area is 153 Å². The third-order valence-corrected chi connectivity index (χ3v) is 5.02. The van der Waals surface area contributed by atoms with Gasteiger partial charge in [0.25, 0.3) is 0 Å². The summed E-state index contributed by atoms with van der Waals surface area (Å²) in [7, 11) is 0. The van der Waals surface area contributed by atoms with Gasteiger partial charge in [-0.25, -0.2) is 4.98 Å². The van der Waals surface area contributed by atoms with Gasteiger partial charge in [0.1, 0.15) is 11.4 Å². The zero-order valence-corrected chi connectivity index (χ0v) is 15.6. The highest BCUT2D eigenvalue weighted by Gasteiger charge is 2.29. The summed E-state index contributed by atoms with van der Waals surface area (Å²) in [5.74, 6) is 0.765. The number of aryl methyl sites for hydroxylation is 2. The van der Waals surface area contributed by atoms with Crippen LogP contribution >= 0.6 is 15.9 Å². The number of nitrogens with two attached hydrogens (primary N) is 1. The first-order valence-corrected chi connectivity index (χ1v) is 8.65. The maximum atomic E-state index is 11.4. The van der Waals surface area contributed by atoms with Crippen LogP contribution in [0.25, 0.3) is 0 Å². The van der Waals surface area contributed by atoms with Crippen molar-refractivity contribution >= 4 is 33.1 Å². The van der Waals surface area contributed by atoms with E-state index in [2.05, 4.69) is 31.0 Å². The molecule has 134 valence electrons. The van der Waals surface area contributed by atoms with Gasteiger partial charge < -0.3 is 15.2 Å². The van der Waals surface area contributed by atoms with E-state index in [1.54, 1.807) is 0 Å². The Morgan fingerprint density at radius 1 is 1.36 bits per heavy atom. The summed E-state index contributed by atoms with van der Waals surface area (Å²) in [5, 5.41) is 15.4. The van der Waals surface area contributed by atoms with Crippen LogP contribution in [0.3, 0.4) is 0 Å². The zero-order valence-electron chi connectivity index (χ0n) is 14.0. The van der Waals surface area contributed by atoms with Crippen LogP contribution in [0.1, 0.15) is 17.0 Å². The molecule has 0 amide bonds. The second-order valence-electron chi connectivity index (χ2n) is 6.01. The highest BCUT2D eigenvalue weighted by Crippen LogP contribution is 2.39. The van der Waals surface area contributed by atoms with Crippen molar-refractivity contribution in [3.05, 3.63) is 37.8 Å². The molecule has 1 saturated heterocycles. The Kier molecular flexibility index (Phi) is 4.91. The van der Waals surface area contributed by atoms with Crippen molar-refractivity contribution in [1.82, 2.24) is 15.0 Å². The number of nitro groups is 1. The van der Waals surface area contributed by atoms with Crippen molar-refractivity contribution in [1.29, 1.82) is 0 Å². The van der Waals surface area contributed by atoms with Gasteiger partial charge in [-0.1, -0.05) is 5.16 Å². The molecule has 2 aromatic rings. The lowest BCUT2D eigenvalue weighted by Gasteiger charge is -2.36. The molecule has 0 unspecified atom stereocenters. The first kappa shape index (κ1) is 17.6. The Hall–Kier alpha value is -2.20. The molecule has 1 aliphatic heterocycles. The molecule has 0 bridgehead atoms. The Morgan fingerprint density at radius 2 is 2.04 bits per heavy atom. The molecule has 3 heterocycles. The summed E-state index contributed by atoms with van der Waals surface area (Å²) in [6.45, 7) is 7.47. The average Bonchev–Trinajstić information content (AvgIpc) is 2.89. The molecular weight excluding hydrogens is 392 g/mol. The van der Waals surface area contributed by atoms with E-state index in [-0.39, 0.29) is 11.5 Å². The van der Waals surface area contributed by atoms with Gasteiger partial charge in [-0.3, -0.25) is 15.0 Å². The standard InChI is InChI=1S/C15H19BrN6O3/c1-9-11(10(2)25-19-9)8-20-3-5-21(6-4-20)13-12(16)7-18-15(17)14(13)22(23)24/h7H,3-6,8H2,1-2H3,(H2,17,18). The second kappa shape index (κ2) is 6.96. The molecule has 0 radical (unpaired) electrons. The number of pyridine rings is 1. The highest BCUT2D eigenvalue weighted by atomic mass is 79.9. The smallest absolute Gasteiger partial charge is 0.335 e. The lowest BCUT2D eigenvalue weighted by Crippen LogP contribution is -2.46. The van der Waals surface area contributed by atoms with E-state index in [4.69, 9.17) is 10.3 Å². The summed E-state index contributed by atoms with van der Waals surface area (Å²) in [6, 6.07) is 0. The van der Waals surface area contributed by atoms with Crippen LogP contribution in [0, 0.1) is 24.0 Å². The Balaban J connectivity index is 1.75. The molecule has 0 saturated carbocycles. The number of hydrogen-bond donors (Lipinski definition) is 1. The number of halogens is 1. The van der Waals surface area contributed by atoms with Crippen LogP contribution in [0.4, 0.5) is 17.2 Å². The Morgan fingerprint density at radius 3 is 2.60 bits per heavy atom. The zero-order chi connectivity index (χ0) is 18.1. The van der Waals surface area contributed by atoms with Crippen molar-refractivity contribution in [3.8, 4) is 0 Å². The van der Waals surface area contributed by atoms with Gasteiger partial charge in [-0.2, -0.15) is 0 Å². The predicted molar refractivity (Wildman–Crippen MR) is 96.5 cm³/mol. The minimum atomic E-state index is -0.474. The Bertz CT molecular complexity index is 781. The van der Waals surface area contributed by atoms with Crippen LogP contribution in [-0.4, -0.2) is 46.1 Å². The largest absolute Gasteiger partial charge is 0.378 e. The van der Waals surface area contributed by atoms with Crippen LogP contribution in [0.2, 0.25) is 0 Å². The van der Waals surface area contributed by atoms with Crippen LogP contribution in [0.15, 0.2) is 15.2 Å². The number of nitrogen functional groups attached to an aromatic ring is 1. The van der Waals surface area contributed by atoms with E-state index in [1.807, 2.05) is 18.7 Å². The van der Waals surface area contributed by atoms with Crippen molar-refractivity contribution in [2.75, 3.05) is 36.8 Å². The van der Waals surface area contributed by atoms with E-state index < -0.39 is 4.92 Å². The number of rotatable bonds is 4. The van der Waals surface area contributed by atoms with E-state index in [9.17, 15) is 10.1 Å². The van der Waals surface area contributed by atoms with Crippen molar-refractivity contribution in [2.45, 2.75) is 20.4 Å². The molecule has 1 fully saturated rings. The van der Waals surface area contributed by atoms with E-state index >= 15 is 0 Å². The number of anilines is 2. The quantitative estimate of drug-likeness (QED) is 0.602. The number of piperazine rings is 1. The first-order chi connectivity index (χ1) is 11.9. The normalized spacial score (nSPS) is 15.6. The molecule has 0 spiro atoms. The van der Waals surface area contributed by atoms with E-state index in [1.165, 1.54) is 6.20 Å². The SMILES string of the molecule is Cc1noc(C)c1CN1CCN(c2c(Br)cnc(N)c2[N+](=O)[O-])CC1. The van der Waals surface area contributed by atoms with Gasteiger partial charge in [-0.15, -0.1) is 0 Å². The van der Waals surface area contributed by atoms with Gasteiger partial charge in [0.2, 0.25) is 5.82 Å². The molecule has 9 nitrogen and oxygen atoms in total. The molecule has 2 N–H and O–H groups in total. The lowest BCUT2D eigenvalue weighted by atomic mass is 10.1. The minimum Gasteiger partial charge on any atom is -0.378 e. The highest BCUT2D eigenvalue weighted by molar-refractivity contribution is 9.10. The molecule has 25 heavy (non-hydrogen) atoms. The number of aromatic nitrogens is 2. The summed E-state index contributed by atoms with van der Waals surface area (Å²) < 4.78 is 5.79.